The number of carbonyl (C=O) groups is 1. The van der Waals surface area contributed by atoms with E-state index in [2.05, 4.69) is 16.1 Å². The van der Waals surface area contributed by atoms with Crippen molar-refractivity contribution in [1.82, 2.24) is 5.32 Å². The van der Waals surface area contributed by atoms with Gasteiger partial charge in [0.1, 0.15) is 5.75 Å². The number of hydrogen-bond donors (Lipinski definition) is 1. The highest BCUT2D eigenvalue weighted by Crippen LogP contribution is 2.25. The summed E-state index contributed by atoms with van der Waals surface area (Å²) < 4.78 is 40.1. The van der Waals surface area contributed by atoms with Crippen molar-refractivity contribution >= 4 is 5.91 Å². The summed E-state index contributed by atoms with van der Waals surface area (Å²) in [5.74, 6) is -0.319. The molecule has 2 atom stereocenters. The highest BCUT2D eigenvalue weighted by molar-refractivity contribution is 5.79. The molecule has 120 valence electrons. The zero-order valence-electron chi connectivity index (χ0n) is 12.2. The largest absolute Gasteiger partial charge is 0.573 e. The van der Waals surface area contributed by atoms with Gasteiger partial charge in [-0.25, -0.2) is 0 Å². The van der Waals surface area contributed by atoms with Crippen molar-refractivity contribution in [3.05, 3.63) is 42.0 Å². The predicted octanol–water partition coefficient (Wildman–Crippen LogP) is 4.12. The van der Waals surface area contributed by atoms with E-state index >= 15 is 0 Å². The van der Waals surface area contributed by atoms with Gasteiger partial charge in [0, 0.05) is 5.92 Å². The molecule has 0 aromatic heterocycles. The number of benzene rings is 1. The summed E-state index contributed by atoms with van der Waals surface area (Å²) in [7, 11) is 0. The average molecular weight is 313 g/mol. The van der Waals surface area contributed by atoms with Crippen LogP contribution < -0.4 is 10.1 Å². The second-order valence-electron chi connectivity index (χ2n) is 5.33. The van der Waals surface area contributed by atoms with E-state index in [4.69, 9.17) is 0 Å². The first-order valence-electron chi connectivity index (χ1n) is 7.16. The van der Waals surface area contributed by atoms with Crippen molar-refractivity contribution in [1.29, 1.82) is 0 Å². The van der Waals surface area contributed by atoms with Gasteiger partial charge in [-0.3, -0.25) is 4.79 Å². The van der Waals surface area contributed by atoms with E-state index in [0.717, 1.165) is 24.8 Å². The van der Waals surface area contributed by atoms with Crippen LogP contribution in [0.15, 0.2) is 36.4 Å². The lowest BCUT2D eigenvalue weighted by atomic mass is 9.93. The fourth-order valence-corrected chi connectivity index (χ4v) is 2.40. The summed E-state index contributed by atoms with van der Waals surface area (Å²) >= 11 is 0. The van der Waals surface area contributed by atoms with Crippen molar-refractivity contribution in [3.8, 4) is 5.75 Å². The van der Waals surface area contributed by atoms with Crippen molar-refractivity contribution in [2.24, 2.45) is 5.92 Å². The first-order valence-corrected chi connectivity index (χ1v) is 7.16. The van der Waals surface area contributed by atoms with Crippen LogP contribution in [0.4, 0.5) is 13.2 Å². The van der Waals surface area contributed by atoms with Crippen LogP contribution in [0.5, 0.6) is 5.75 Å². The minimum Gasteiger partial charge on any atom is -0.406 e. The van der Waals surface area contributed by atoms with Crippen LogP contribution in [0.3, 0.4) is 0 Å². The molecule has 0 radical (unpaired) electrons. The maximum absolute atomic E-state index is 12.1. The molecule has 0 bridgehead atoms. The number of rotatable bonds is 4. The van der Waals surface area contributed by atoms with Crippen LogP contribution in [0.25, 0.3) is 0 Å². The molecule has 0 spiro atoms. The van der Waals surface area contributed by atoms with Gasteiger partial charge in [0.2, 0.25) is 5.91 Å². The third-order valence-corrected chi connectivity index (χ3v) is 3.61. The van der Waals surface area contributed by atoms with E-state index in [0.29, 0.717) is 0 Å². The van der Waals surface area contributed by atoms with Crippen LogP contribution in [-0.4, -0.2) is 12.3 Å². The molecule has 0 aliphatic heterocycles. The van der Waals surface area contributed by atoms with E-state index in [1.807, 2.05) is 6.08 Å². The molecular weight excluding hydrogens is 295 g/mol. The molecule has 0 saturated heterocycles. The summed E-state index contributed by atoms with van der Waals surface area (Å²) in [5, 5.41) is 2.90. The van der Waals surface area contributed by atoms with Crippen molar-refractivity contribution in [2.75, 3.05) is 0 Å². The molecule has 1 amide bonds. The lowest BCUT2D eigenvalue weighted by molar-refractivity contribution is -0.274. The maximum Gasteiger partial charge on any atom is 0.573 e. The molecule has 22 heavy (non-hydrogen) atoms. The number of halogens is 3. The summed E-state index contributed by atoms with van der Waals surface area (Å²) in [6.07, 6.45) is 1.82. The Morgan fingerprint density at radius 2 is 1.95 bits per heavy atom. The smallest absolute Gasteiger partial charge is 0.406 e. The standard InChI is InChI=1S/C16H18F3NO2/c1-11(20-15(21)13-5-3-2-4-6-13)12-7-9-14(10-8-12)22-16(17,18)19/h2-3,7-11,13H,4-6H2,1H3,(H,20,21)/t11-,13+/m0/s1. The highest BCUT2D eigenvalue weighted by atomic mass is 19.4. The van der Waals surface area contributed by atoms with E-state index < -0.39 is 6.36 Å². The number of hydrogen-bond acceptors (Lipinski definition) is 2. The normalized spacial score (nSPS) is 19.5. The first kappa shape index (κ1) is 16.4. The van der Waals surface area contributed by atoms with Gasteiger partial charge in [-0.2, -0.15) is 0 Å². The maximum atomic E-state index is 12.1. The minimum absolute atomic E-state index is 0.0209. The lowest BCUT2D eigenvalue weighted by Crippen LogP contribution is -2.33. The van der Waals surface area contributed by atoms with Crippen molar-refractivity contribution < 1.29 is 22.7 Å². The molecule has 0 fully saturated rings. The number of carbonyl (C=O) groups excluding carboxylic acids is 1. The second-order valence-corrected chi connectivity index (χ2v) is 5.33. The third-order valence-electron chi connectivity index (χ3n) is 3.61. The average Bonchev–Trinajstić information content (AvgIpc) is 2.47. The van der Waals surface area contributed by atoms with Crippen LogP contribution in [0.1, 0.15) is 37.8 Å². The first-order chi connectivity index (χ1) is 10.3. The number of nitrogens with one attached hydrogen (secondary N) is 1. The molecule has 6 heteroatoms. The summed E-state index contributed by atoms with van der Waals surface area (Å²) in [6.45, 7) is 1.80. The fourth-order valence-electron chi connectivity index (χ4n) is 2.40. The van der Waals surface area contributed by atoms with Crippen molar-refractivity contribution in [2.45, 2.75) is 38.6 Å². The second kappa shape index (κ2) is 6.85. The van der Waals surface area contributed by atoms with E-state index in [-0.39, 0.29) is 23.6 Å². The molecule has 1 aliphatic rings. The monoisotopic (exact) mass is 313 g/mol. The van der Waals surface area contributed by atoms with Gasteiger partial charge in [0.15, 0.2) is 0 Å². The Bertz CT molecular complexity index is 537. The fraction of sp³-hybridized carbons (Fsp3) is 0.438. The summed E-state index contributed by atoms with van der Waals surface area (Å²) in [4.78, 5) is 12.1. The van der Waals surface area contributed by atoms with Gasteiger partial charge in [-0.15, -0.1) is 13.2 Å². The number of alkyl halides is 3. The Hall–Kier alpha value is -1.98. The predicted molar refractivity (Wildman–Crippen MR) is 76.2 cm³/mol. The molecule has 0 heterocycles. The molecule has 2 rings (SSSR count). The topological polar surface area (TPSA) is 38.3 Å². The number of amides is 1. The Morgan fingerprint density at radius 1 is 1.27 bits per heavy atom. The molecule has 1 aliphatic carbocycles. The molecule has 3 nitrogen and oxygen atoms in total. The van der Waals surface area contributed by atoms with Crippen LogP contribution in [0, 0.1) is 5.92 Å². The quantitative estimate of drug-likeness (QED) is 0.849. The Balaban J connectivity index is 1.93. The summed E-state index contributed by atoms with van der Waals surface area (Å²) in [6, 6.07) is 5.27. The van der Waals surface area contributed by atoms with E-state index in [9.17, 15) is 18.0 Å². The van der Waals surface area contributed by atoms with Gasteiger partial charge in [-0.1, -0.05) is 24.3 Å². The van der Waals surface area contributed by atoms with Gasteiger partial charge >= 0.3 is 6.36 Å². The molecular formula is C16H18F3NO2. The van der Waals surface area contributed by atoms with Gasteiger partial charge in [0.05, 0.1) is 6.04 Å². The van der Waals surface area contributed by atoms with E-state index in [1.54, 1.807) is 6.92 Å². The van der Waals surface area contributed by atoms with E-state index in [1.165, 1.54) is 24.3 Å². The zero-order valence-corrected chi connectivity index (χ0v) is 12.2. The zero-order chi connectivity index (χ0) is 16.2. The summed E-state index contributed by atoms with van der Waals surface area (Å²) in [5.41, 5.74) is 0.731. The van der Waals surface area contributed by atoms with Crippen LogP contribution >= 0.6 is 0 Å². The molecule has 0 saturated carbocycles. The van der Waals surface area contributed by atoms with Crippen molar-refractivity contribution in [3.63, 3.8) is 0 Å². The third kappa shape index (κ3) is 4.79. The molecule has 1 aromatic carbocycles. The Kier molecular flexibility index (Phi) is 5.11. The Morgan fingerprint density at radius 3 is 2.50 bits per heavy atom. The van der Waals surface area contributed by atoms with Gasteiger partial charge in [0.25, 0.3) is 0 Å². The number of ether oxygens (including phenoxy) is 1. The molecule has 1 aromatic rings. The van der Waals surface area contributed by atoms with Crippen LogP contribution in [-0.2, 0) is 4.79 Å². The number of allylic oxidation sites excluding steroid dienone is 2. The van der Waals surface area contributed by atoms with Gasteiger partial charge < -0.3 is 10.1 Å². The molecule has 0 unspecified atom stereocenters. The van der Waals surface area contributed by atoms with Crippen LogP contribution in [0.2, 0.25) is 0 Å². The highest BCUT2D eigenvalue weighted by Gasteiger charge is 2.31. The molecule has 1 N–H and O–H groups in total. The lowest BCUT2D eigenvalue weighted by Gasteiger charge is -2.21. The minimum atomic E-state index is -4.70. The van der Waals surface area contributed by atoms with Gasteiger partial charge in [-0.05, 0) is 43.9 Å². The Labute approximate surface area is 127 Å². The SMILES string of the molecule is C[C@H](NC(=O)[C@@H]1CC=CCC1)c1ccc(OC(F)(F)F)cc1.